The second-order valence-electron chi connectivity index (χ2n) is 6.16. The number of aliphatic hydroxyl groups is 1. The van der Waals surface area contributed by atoms with Crippen LogP contribution in [0.3, 0.4) is 0 Å². The van der Waals surface area contributed by atoms with E-state index in [1.165, 1.54) is 17.3 Å². The summed E-state index contributed by atoms with van der Waals surface area (Å²) in [7, 11) is -2.01. The molecule has 0 fully saturated rings. The molecule has 0 aliphatic rings. The van der Waals surface area contributed by atoms with Crippen LogP contribution in [0.5, 0.6) is 0 Å². The van der Waals surface area contributed by atoms with Crippen molar-refractivity contribution < 1.29 is 14.6 Å². The van der Waals surface area contributed by atoms with Gasteiger partial charge in [-0.3, -0.25) is 4.79 Å². The van der Waals surface area contributed by atoms with Crippen LogP contribution in [-0.2, 0) is 22.7 Å². The topological polar surface area (TPSA) is 46.5 Å². The molecule has 24 heavy (non-hydrogen) atoms. The maximum atomic E-state index is 11.0. The molecule has 0 aliphatic heterocycles. The summed E-state index contributed by atoms with van der Waals surface area (Å²) in [4.78, 5) is 11.0. The van der Waals surface area contributed by atoms with Gasteiger partial charge in [0, 0.05) is 6.92 Å². The van der Waals surface area contributed by atoms with Gasteiger partial charge in [0.25, 0.3) is 0 Å². The SMILES string of the molecule is C=CC[Si](C)(c1cccc(CO)c1)c1cccc(COC(C)=O)c1. The average Bonchev–Trinajstić information content (AvgIpc) is 2.60. The summed E-state index contributed by atoms with van der Waals surface area (Å²) in [5.41, 5.74) is 1.91. The van der Waals surface area contributed by atoms with E-state index < -0.39 is 8.07 Å². The second kappa shape index (κ2) is 8.08. The molecule has 0 aromatic heterocycles. The molecule has 2 rings (SSSR count). The first-order valence-corrected chi connectivity index (χ1v) is 10.7. The van der Waals surface area contributed by atoms with Gasteiger partial charge in [-0.25, -0.2) is 0 Å². The highest BCUT2D eigenvalue weighted by atomic mass is 28.3. The van der Waals surface area contributed by atoms with Gasteiger partial charge in [-0.05, 0) is 17.2 Å². The standard InChI is InChI=1S/C20H24O3Si/c1-4-11-24(3,19-9-5-7-17(12-19)14-21)20-10-6-8-18(13-20)15-23-16(2)22/h4-10,12-13,21H,1,11,14-15H2,2-3H3. The quantitative estimate of drug-likeness (QED) is 0.479. The summed E-state index contributed by atoms with van der Waals surface area (Å²) in [5, 5.41) is 12.0. The lowest BCUT2D eigenvalue weighted by Crippen LogP contribution is -2.55. The van der Waals surface area contributed by atoms with E-state index >= 15 is 0 Å². The highest BCUT2D eigenvalue weighted by Crippen LogP contribution is 2.14. The monoisotopic (exact) mass is 340 g/mol. The van der Waals surface area contributed by atoms with E-state index in [-0.39, 0.29) is 12.6 Å². The van der Waals surface area contributed by atoms with Crippen LogP contribution in [0.1, 0.15) is 18.1 Å². The van der Waals surface area contributed by atoms with Gasteiger partial charge in [0.05, 0.1) is 6.61 Å². The van der Waals surface area contributed by atoms with Gasteiger partial charge in [0.1, 0.15) is 14.7 Å². The number of carbonyl (C=O) groups is 1. The Morgan fingerprint density at radius 2 is 1.75 bits per heavy atom. The smallest absolute Gasteiger partial charge is 0.302 e. The highest BCUT2D eigenvalue weighted by Gasteiger charge is 2.30. The Labute approximate surface area is 144 Å². The predicted molar refractivity (Wildman–Crippen MR) is 100 cm³/mol. The lowest BCUT2D eigenvalue weighted by atomic mass is 10.2. The van der Waals surface area contributed by atoms with Crippen molar-refractivity contribution in [2.45, 2.75) is 32.7 Å². The number of esters is 1. The molecule has 0 saturated carbocycles. The van der Waals surface area contributed by atoms with Gasteiger partial charge in [-0.1, -0.05) is 71.5 Å². The third kappa shape index (κ3) is 4.22. The molecule has 0 aliphatic carbocycles. The number of carbonyl (C=O) groups excluding carboxylic acids is 1. The molecule has 0 bridgehead atoms. The molecular formula is C20H24O3Si. The van der Waals surface area contributed by atoms with E-state index in [4.69, 9.17) is 4.74 Å². The summed E-state index contributed by atoms with van der Waals surface area (Å²) in [6, 6.07) is 17.3. The van der Waals surface area contributed by atoms with E-state index in [1.54, 1.807) is 0 Å². The molecule has 4 heteroatoms. The van der Waals surface area contributed by atoms with Crippen LogP contribution in [0.2, 0.25) is 12.6 Å². The van der Waals surface area contributed by atoms with E-state index in [1.807, 2.05) is 30.3 Å². The molecule has 1 N–H and O–H groups in total. The van der Waals surface area contributed by atoms with E-state index in [9.17, 15) is 9.90 Å². The number of allylic oxidation sites excluding steroid dienone is 1. The summed E-state index contributed by atoms with van der Waals surface area (Å²) in [5.74, 6) is -0.276. The number of benzene rings is 2. The minimum absolute atomic E-state index is 0.0406. The largest absolute Gasteiger partial charge is 0.461 e. The van der Waals surface area contributed by atoms with E-state index in [2.05, 4.69) is 37.4 Å². The third-order valence-electron chi connectivity index (χ3n) is 4.31. The molecule has 1 atom stereocenters. The average molecular weight is 340 g/mol. The number of hydrogen-bond acceptors (Lipinski definition) is 3. The molecule has 0 heterocycles. The van der Waals surface area contributed by atoms with Gasteiger partial charge in [0.2, 0.25) is 0 Å². The maximum absolute atomic E-state index is 11.0. The summed E-state index contributed by atoms with van der Waals surface area (Å²) >= 11 is 0. The van der Waals surface area contributed by atoms with Crippen LogP contribution in [0.25, 0.3) is 0 Å². The Kier molecular flexibility index (Phi) is 6.12. The Hall–Kier alpha value is -2.17. The third-order valence-corrected chi connectivity index (χ3v) is 8.58. The van der Waals surface area contributed by atoms with Crippen molar-refractivity contribution in [3.05, 3.63) is 72.3 Å². The van der Waals surface area contributed by atoms with Crippen LogP contribution >= 0.6 is 0 Å². The number of hydrogen-bond donors (Lipinski definition) is 1. The zero-order chi connectivity index (χ0) is 17.6. The molecule has 2 aromatic rings. The van der Waals surface area contributed by atoms with Crippen molar-refractivity contribution in [2.24, 2.45) is 0 Å². The van der Waals surface area contributed by atoms with E-state index in [0.717, 1.165) is 17.2 Å². The van der Waals surface area contributed by atoms with Crippen molar-refractivity contribution in [2.75, 3.05) is 0 Å². The number of aliphatic hydroxyl groups excluding tert-OH is 1. The van der Waals surface area contributed by atoms with Gasteiger partial charge >= 0.3 is 5.97 Å². The van der Waals surface area contributed by atoms with Gasteiger partial charge < -0.3 is 9.84 Å². The fraction of sp³-hybridized carbons (Fsp3) is 0.250. The second-order valence-corrected chi connectivity index (χ2v) is 10.4. The first kappa shape index (κ1) is 18.2. The van der Waals surface area contributed by atoms with Crippen molar-refractivity contribution in [1.82, 2.24) is 0 Å². The first-order valence-electron chi connectivity index (χ1n) is 8.03. The van der Waals surface area contributed by atoms with Crippen LogP contribution in [0, 0.1) is 0 Å². The fourth-order valence-corrected chi connectivity index (χ4v) is 6.21. The lowest BCUT2D eigenvalue weighted by molar-refractivity contribution is -0.142. The Morgan fingerprint density at radius 3 is 2.29 bits per heavy atom. The number of ether oxygens (including phenoxy) is 1. The van der Waals surface area contributed by atoms with Crippen molar-refractivity contribution in [3.8, 4) is 0 Å². The van der Waals surface area contributed by atoms with Crippen LogP contribution < -0.4 is 10.4 Å². The fourth-order valence-electron chi connectivity index (χ4n) is 2.89. The molecule has 0 saturated heterocycles. The number of rotatable bonds is 7. The van der Waals surface area contributed by atoms with Crippen LogP contribution in [-0.4, -0.2) is 19.1 Å². The molecule has 3 nitrogen and oxygen atoms in total. The van der Waals surface area contributed by atoms with Crippen molar-refractivity contribution in [1.29, 1.82) is 0 Å². The zero-order valence-electron chi connectivity index (χ0n) is 14.3. The summed E-state index contributed by atoms with van der Waals surface area (Å²) in [6.45, 7) is 7.99. The van der Waals surface area contributed by atoms with Gasteiger partial charge in [0.15, 0.2) is 0 Å². The van der Waals surface area contributed by atoms with Crippen LogP contribution in [0.4, 0.5) is 0 Å². The Bertz CT molecular complexity index is 726. The van der Waals surface area contributed by atoms with Gasteiger partial charge in [-0.2, -0.15) is 0 Å². The van der Waals surface area contributed by atoms with Crippen molar-refractivity contribution >= 4 is 24.4 Å². The Balaban J connectivity index is 2.43. The normalized spacial score (nSPS) is 13.1. The van der Waals surface area contributed by atoms with Gasteiger partial charge in [-0.15, -0.1) is 6.58 Å². The summed E-state index contributed by atoms with van der Waals surface area (Å²) in [6.07, 6.45) is 1.97. The highest BCUT2D eigenvalue weighted by molar-refractivity contribution is 7.01. The molecule has 0 spiro atoms. The predicted octanol–water partition coefficient (Wildman–Crippen LogP) is 2.62. The Morgan fingerprint density at radius 1 is 1.17 bits per heavy atom. The zero-order valence-corrected chi connectivity index (χ0v) is 15.3. The molecule has 2 aromatic carbocycles. The lowest BCUT2D eigenvalue weighted by Gasteiger charge is -2.28. The maximum Gasteiger partial charge on any atom is 0.302 e. The van der Waals surface area contributed by atoms with Crippen LogP contribution in [0.15, 0.2) is 61.2 Å². The van der Waals surface area contributed by atoms with Crippen molar-refractivity contribution in [3.63, 3.8) is 0 Å². The minimum Gasteiger partial charge on any atom is -0.461 e. The van der Waals surface area contributed by atoms with E-state index in [0.29, 0.717) is 6.61 Å². The first-order chi connectivity index (χ1) is 11.5. The summed E-state index contributed by atoms with van der Waals surface area (Å²) < 4.78 is 5.12. The molecule has 0 amide bonds. The minimum atomic E-state index is -2.01. The molecule has 0 radical (unpaired) electrons. The molecule has 1 unspecified atom stereocenters. The molecule has 126 valence electrons. The molecular weight excluding hydrogens is 316 g/mol.